The molecule has 1 fully saturated rings. The number of sulfonamides is 1. The van der Waals surface area contributed by atoms with Gasteiger partial charge < -0.3 is 14.8 Å². The first-order valence-electron chi connectivity index (χ1n) is 7.06. The zero-order chi connectivity index (χ0) is 16.3. The van der Waals surface area contributed by atoms with Gasteiger partial charge in [0.1, 0.15) is 4.90 Å². The highest BCUT2D eigenvalue weighted by Gasteiger charge is 2.28. The maximum Gasteiger partial charge on any atom is 0.242 e. The first kappa shape index (κ1) is 20.5. The second-order valence-corrected chi connectivity index (χ2v) is 7.79. The van der Waals surface area contributed by atoms with Crippen molar-refractivity contribution < 1.29 is 17.9 Å². The van der Waals surface area contributed by atoms with E-state index in [9.17, 15) is 8.42 Å². The fraction of sp³-hybridized carbons (Fsp3) is 0.571. The summed E-state index contributed by atoms with van der Waals surface area (Å²) >= 11 is 3.30. The summed E-state index contributed by atoms with van der Waals surface area (Å²) in [5.41, 5.74) is 0. The molecule has 0 saturated carbocycles. The lowest BCUT2D eigenvalue weighted by atomic mass is 10.0. The first-order chi connectivity index (χ1) is 10.4. The van der Waals surface area contributed by atoms with Crippen molar-refractivity contribution in [2.75, 3.05) is 20.8 Å². The van der Waals surface area contributed by atoms with Crippen LogP contribution in [0.5, 0.6) is 11.5 Å². The Labute approximate surface area is 151 Å². The number of nitrogens with one attached hydrogen (secondary N) is 2. The van der Waals surface area contributed by atoms with Gasteiger partial charge in [0.05, 0.1) is 14.2 Å². The molecule has 1 saturated heterocycles. The molecule has 9 heteroatoms. The number of methoxy groups -OCH3 is 2. The van der Waals surface area contributed by atoms with Crippen molar-refractivity contribution in [3.8, 4) is 11.5 Å². The number of piperidine rings is 1. The van der Waals surface area contributed by atoms with Crippen LogP contribution in [0.1, 0.15) is 19.8 Å². The summed E-state index contributed by atoms with van der Waals surface area (Å²) in [6.07, 6.45) is 1.77. The van der Waals surface area contributed by atoms with E-state index >= 15 is 0 Å². The summed E-state index contributed by atoms with van der Waals surface area (Å²) in [6, 6.07) is 3.03. The molecule has 2 atom stereocenters. The molecule has 0 bridgehead atoms. The van der Waals surface area contributed by atoms with E-state index in [0.717, 1.165) is 19.4 Å². The lowest BCUT2D eigenvalue weighted by Gasteiger charge is -2.30. The molecule has 0 aromatic heterocycles. The molecule has 23 heavy (non-hydrogen) atoms. The summed E-state index contributed by atoms with van der Waals surface area (Å²) in [4.78, 5) is 0.142. The van der Waals surface area contributed by atoms with E-state index < -0.39 is 10.0 Å². The highest BCUT2D eigenvalue weighted by Crippen LogP contribution is 2.35. The molecular weight excluding hydrogens is 408 g/mol. The molecule has 6 nitrogen and oxygen atoms in total. The molecule has 0 aliphatic carbocycles. The molecule has 2 unspecified atom stereocenters. The Balaban J connectivity index is 0.00000264. The summed E-state index contributed by atoms with van der Waals surface area (Å²) < 4.78 is 38.9. The number of rotatable bonds is 5. The van der Waals surface area contributed by atoms with Gasteiger partial charge in [0.15, 0.2) is 11.5 Å². The molecule has 0 spiro atoms. The van der Waals surface area contributed by atoms with Crippen molar-refractivity contribution >= 4 is 38.4 Å². The normalized spacial score (nSPS) is 21.4. The largest absolute Gasteiger partial charge is 0.493 e. The highest BCUT2D eigenvalue weighted by molar-refractivity contribution is 9.10. The molecule has 1 aliphatic rings. The second-order valence-electron chi connectivity index (χ2n) is 5.25. The van der Waals surface area contributed by atoms with Crippen LogP contribution in [0.4, 0.5) is 0 Å². The molecule has 132 valence electrons. The van der Waals surface area contributed by atoms with Crippen LogP contribution in [0.2, 0.25) is 0 Å². The van der Waals surface area contributed by atoms with Crippen molar-refractivity contribution in [1.29, 1.82) is 0 Å². The van der Waals surface area contributed by atoms with Crippen molar-refractivity contribution in [2.24, 2.45) is 0 Å². The molecule has 1 heterocycles. The number of halogens is 2. The Hall–Kier alpha value is -0.540. The monoisotopic (exact) mass is 428 g/mol. The fourth-order valence-corrected chi connectivity index (χ4v) is 4.90. The Morgan fingerprint density at radius 3 is 2.43 bits per heavy atom. The zero-order valence-electron chi connectivity index (χ0n) is 13.3. The van der Waals surface area contributed by atoms with E-state index in [-0.39, 0.29) is 29.4 Å². The number of hydrogen-bond donors (Lipinski definition) is 2. The van der Waals surface area contributed by atoms with Crippen molar-refractivity contribution in [1.82, 2.24) is 10.0 Å². The minimum absolute atomic E-state index is 0. The maximum absolute atomic E-state index is 12.7. The zero-order valence-corrected chi connectivity index (χ0v) is 16.5. The number of hydrogen-bond acceptors (Lipinski definition) is 5. The van der Waals surface area contributed by atoms with Gasteiger partial charge >= 0.3 is 0 Å². The van der Waals surface area contributed by atoms with Crippen LogP contribution in [0.15, 0.2) is 21.5 Å². The molecular formula is C14H22BrClN2O4S. The van der Waals surface area contributed by atoms with Crippen molar-refractivity contribution in [3.63, 3.8) is 0 Å². The van der Waals surface area contributed by atoms with Crippen molar-refractivity contribution in [2.45, 2.75) is 36.7 Å². The van der Waals surface area contributed by atoms with Gasteiger partial charge in [-0.2, -0.15) is 0 Å². The molecule has 2 N–H and O–H groups in total. The summed E-state index contributed by atoms with van der Waals surface area (Å²) in [7, 11) is -0.673. The molecule has 0 radical (unpaired) electrons. The van der Waals surface area contributed by atoms with E-state index in [2.05, 4.69) is 26.0 Å². The highest BCUT2D eigenvalue weighted by atomic mass is 79.9. The Morgan fingerprint density at radius 1 is 1.26 bits per heavy atom. The summed E-state index contributed by atoms with van der Waals surface area (Å²) in [6.45, 7) is 2.90. The van der Waals surface area contributed by atoms with Gasteiger partial charge in [0.25, 0.3) is 0 Å². The van der Waals surface area contributed by atoms with Gasteiger partial charge in [-0.25, -0.2) is 13.1 Å². The van der Waals surface area contributed by atoms with E-state index in [1.165, 1.54) is 20.3 Å². The summed E-state index contributed by atoms with van der Waals surface area (Å²) in [5.74, 6) is 0.849. The predicted octanol–water partition coefficient (Wildman–Crippen LogP) is 2.31. The van der Waals surface area contributed by atoms with Crippen LogP contribution in [0, 0.1) is 0 Å². The Morgan fingerprint density at radius 2 is 1.87 bits per heavy atom. The first-order valence-corrected chi connectivity index (χ1v) is 9.34. The topological polar surface area (TPSA) is 76.7 Å². The van der Waals surface area contributed by atoms with Gasteiger partial charge in [-0.1, -0.05) is 0 Å². The summed E-state index contributed by atoms with van der Waals surface area (Å²) in [5, 5.41) is 3.28. The van der Waals surface area contributed by atoms with Crippen LogP contribution >= 0.6 is 28.3 Å². The fourth-order valence-electron chi connectivity index (χ4n) is 2.51. The quantitative estimate of drug-likeness (QED) is 0.751. The molecule has 1 aliphatic heterocycles. The number of benzene rings is 1. The third-order valence-electron chi connectivity index (χ3n) is 3.80. The van der Waals surface area contributed by atoms with Crippen molar-refractivity contribution in [3.05, 3.63) is 16.6 Å². The van der Waals surface area contributed by atoms with Crippen LogP contribution in [-0.4, -0.2) is 41.3 Å². The molecule has 0 amide bonds. The van der Waals surface area contributed by atoms with Gasteiger partial charge in [-0.3, -0.25) is 0 Å². The number of ether oxygens (including phenoxy) is 2. The van der Waals surface area contributed by atoms with Crippen LogP contribution in [0.25, 0.3) is 0 Å². The molecule has 1 aromatic rings. The Bertz CT molecular complexity index is 642. The average molecular weight is 430 g/mol. The van der Waals surface area contributed by atoms with E-state index in [1.54, 1.807) is 6.07 Å². The minimum atomic E-state index is -3.65. The van der Waals surface area contributed by atoms with E-state index in [1.807, 2.05) is 6.92 Å². The third kappa shape index (κ3) is 4.73. The smallest absolute Gasteiger partial charge is 0.242 e. The van der Waals surface area contributed by atoms with Gasteiger partial charge in [-0.15, -0.1) is 12.4 Å². The van der Waals surface area contributed by atoms with Crippen LogP contribution < -0.4 is 19.5 Å². The maximum atomic E-state index is 12.7. The van der Waals surface area contributed by atoms with E-state index in [4.69, 9.17) is 9.47 Å². The van der Waals surface area contributed by atoms with Crippen LogP contribution in [-0.2, 0) is 10.0 Å². The van der Waals surface area contributed by atoms with Gasteiger partial charge in [0.2, 0.25) is 10.0 Å². The molecule has 2 rings (SSSR count). The average Bonchev–Trinajstić information content (AvgIpc) is 2.48. The van der Waals surface area contributed by atoms with Gasteiger partial charge in [0, 0.05) is 22.6 Å². The standard InChI is InChI=1S/C14H21BrN2O4S.ClH/c1-9-11(5-4-6-16-9)17-22(18,19)14-8-13(21-3)12(20-2)7-10(14)15;/h7-9,11,16-17H,4-6H2,1-3H3;1H. The predicted molar refractivity (Wildman–Crippen MR) is 95.3 cm³/mol. The van der Waals surface area contributed by atoms with E-state index in [0.29, 0.717) is 16.0 Å². The lowest BCUT2D eigenvalue weighted by Crippen LogP contribution is -2.51. The SMILES string of the molecule is COc1cc(Br)c(S(=O)(=O)NC2CCCNC2C)cc1OC.Cl. The Kier molecular flexibility index (Phi) is 7.60. The second kappa shape index (κ2) is 8.53. The minimum Gasteiger partial charge on any atom is -0.493 e. The molecule has 1 aromatic carbocycles. The lowest BCUT2D eigenvalue weighted by molar-refractivity contribution is 0.347. The van der Waals surface area contributed by atoms with Crippen LogP contribution in [0.3, 0.4) is 0 Å². The van der Waals surface area contributed by atoms with Gasteiger partial charge in [-0.05, 0) is 48.3 Å². The third-order valence-corrected chi connectivity index (χ3v) is 6.24.